The second-order valence-electron chi connectivity index (χ2n) is 13.1. The first-order chi connectivity index (χ1) is 14.5. The van der Waals surface area contributed by atoms with Crippen LogP contribution >= 0.6 is 0 Å². The van der Waals surface area contributed by atoms with Gasteiger partial charge in [-0.3, -0.25) is 0 Å². The molecule has 4 aliphatic carbocycles. The second-order valence-corrected chi connectivity index (χ2v) is 13.1. The van der Waals surface area contributed by atoms with Crippen LogP contribution in [-0.2, 0) is 4.74 Å². The molecule has 3 heteroatoms. The van der Waals surface area contributed by atoms with Crippen LogP contribution in [0.4, 0.5) is 0 Å². The van der Waals surface area contributed by atoms with E-state index >= 15 is 0 Å². The van der Waals surface area contributed by atoms with E-state index < -0.39 is 12.2 Å². The highest BCUT2D eigenvalue weighted by atomic mass is 16.6. The van der Waals surface area contributed by atoms with Crippen LogP contribution in [0, 0.1) is 46.3 Å². The maximum atomic E-state index is 11.2. The van der Waals surface area contributed by atoms with Crippen LogP contribution in [0.5, 0.6) is 0 Å². The predicted octanol–water partition coefficient (Wildman–Crippen LogP) is 5.74. The molecule has 31 heavy (non-hydrogen) atoms. The Morgan fingerprint density at radius 3 is 2.52 bits per heavy atom. The van der Waals surface area contributed by atoms with E-state index in [-0.39, 0.29) is 17.1 Å². The summed E-state index contributed by atoms with van der Waals surface area (Å²) in [7, 11) is 0. The molecule has 5 fully saturated rings. The Morgan fingerprint density at radius 1 is 1.06 bits per heavy atom. The number of epoxide rings is 1. The van der Waals surface area contributed by atoms with E-state index in [0.29, 0.717) is 29.6 Å². The molecule has 11 unspecified atom stereocenters. The Morgan fingerprint density at radius 2 is 1.81 bits per heavy atom. The molecule has 11 atom stereocenters. The van der Waals surface area contributed by atoms with Gasteiger partial charge in [-0.15, -0.1) is 0 Å². The van der Waals surface area contributed by atoms with Gasteiger partial charge in [0.2, 0.25) is 0 Å². The van der Waals surface area contributed by atoms with Gasteiger partial charge in [0, 0.05) is 11.8 Å². The number of hydrogen-bond acceptors (Lipinski definition) is 3. The molecule has 2 N–H and O–H groups in total. The maximum Gasteiger partial charge on any atom is 0.105 e. The van der Waals surface area contributed by atoms with Crippen molar-refractivity contribution in [3.63, 3.8) is 0 Å². The molecule has 0 aromatic heterocycles. The van der Waals surface area contributed by atoms with Crippen molar-refractivity contribution in [1.29, 1.82) is 0 Å². The molecule has 176 valence electrons. The summed E-state index contributed by atoms with van der Waals surface area (Å²) in [6, 6.07) is 0. The third kappa shape index (κ3) is 3.01. The summed E-state index contributed by atoms with van der Waals surface area (Å²) in [5.74, 6) is 4.16. The monoisotopic (exact) mass is 430 g/mol. The van der Waals surface area contributed by atoms with Crippen LogP contribution < -0.4 is 0 Å². The Balaban J connectivity index is 1.35. The fraction of sp³-hybridized carbons (Fsp3) is 0.929. The van der Waals surface area contributed by atoms with Gasteiger partial charge in [0.1, 0.15) is 5.60 Å². The van der Waals surface area contributed by atoms with Gasteiger partial charge in [-0.05, 0) is 92.3 Å². The Kier molecular flexibility index (Phi) is 5.28. The first-order valence-electron chi connectivity index (χ1n) is 13.3. The first-order valence-corrected chi connectivity index (χ1v) is 13.3. The summed E-state index contributed by atoms with van der Waals surface area (Å²) in [4.78, 5) is 0. The zero-order valence-corrected chi connectivity index (χ0v) is 20.6. The Labute approximate surface area is 190 Å². The SMILES string of the molecule is C=C(CCC(C)C1CCC2C3CC4OC45CC(O)CC(O)C5(C)C3CCC12C)C(C)C. The van der Waals surface area contributed by atoms with Gasteiger partial charge in [-0.2, -0.15) is 0 Å². The van der Waals surface area contributed by atoms with Crippen molar-refractivity contribution in [3.05, 3.63) is 12.2 Å². The predicted molar refractivity (Wildman–Crippen MR) is 124 cm³/mol. The summed E-state index contributed by atoms with van der Waals surface area (Å²) in [6.07, 6.45) is 9.53. The molecular weight excluding hydrogens is 384 g/mol. The molecule has 0 amide bonds. The minimum absolute atomic E-state index is 0.181. The first kappa shape index (κ1) is 22.4. The molecule has 4 saturated carbocycles. The Hall–Kier alpha value is -0.380. The highest BCUT2D eigenvalue weighted by Crippen LogP contribution is 2.74. The third-order valence-electron chi connectivity index (χ3n) is 11.6. The van der Waals surface area contributed by atoms with E-state index in [9.17, 15) is 10.2 Å². The average Bonchev–Trinajstić information content (AvgIpc) is 3.27. The highest BCUT2D eigenvalue weighted by Gasteiger charge is 2.78. The number of hydrogen-bond donors (Lipinski definition) is 2. The molecule has 5 aliphatic rings. The largest absolute Gasteiger partial charge is 0.393 e. The lowest BCUT2D eigenvalue weighted by molar-refractivity contribution is -0.173. The van der Waals surface area contributed by atoms with Crippen molar-refractivity contribution < 1.29 is 14.9 Å². The van der Waals surface area contributed by atoms with Gasteiger partial charge in [0.25, 0.3) is 0 Å². The summed E-state index contributed by atoms with van der Waals surface area (Å²) < 4.78 is 6.42. The van der Waals surface area contributed by atoms with Crippen molar-refractivity contribution in [1.82, 2.24) is 0 Å². The number of rotatable bonds is 5. The lowest BCUT2D eigenvalue weighted by Crippen LogP contribution is -2.64. The van der Waals surface area contributed by atoms with Crippen molar-refractivity contribution in [3.8, 4) is 0 Å². The molecule has 1 aliphatic heterocycles. The average molecular weight is 431 g/mol. The van der Waals surface area contributed by atoms with E-state index in [1.54, 1.807) is 0 Å². The fourth-order valence-corrected chi connectivity index (χ4v) is 9.60. The van der Waals surface area contributed by atoms with E-state index in [4.69, 9.17) is 4.74 Å². The molecule has 0 aromatic rings. The van der Waals surface area contributed by atoms with Crippen molar-refractivity contribution in [2.45, 2.75) is 116 Å². The molecule has 3 nitrogen and oxygen atoms in total. The molecule has 1 saturated heterocycles. The van der Waals surface area contributed by atoms with Crippen molar-refractivity contribution in [2.75, 3.05) is 0 Å². The van der Waals surface area contributed by atoms with Gasteiger partial charge < -0.3 is 14.9 Å². The molecule has 5 rings (SSSR count). The van der Waals surface area contributed by atoms with Gasteiger partial charge in [-0.1, -0.05) is 46.8 Å². The van der Waals surface area contributed by atoms with E-state index in [1.807, 2.05) is 0 Å². The molecule has 1 heterocycles. The van der Waals surface area contributed by atoms with Crippen LogP contribution in [0.2, 0.25) is 0 Å². The quantitative estimate of drug-likeness (QED) is 0.432. The summed E-state index contributed by atoms with van der Waals surface area (Å²) in [5, 5.41) is 21.6. The van der Waals surface area contributed by atoms with Crippen LogP contribution in [0.3, 0.4) is 0 Å². The van der Waals surface area contributed by atoms with Crippen LogP contribution in [0.25, 0.3) is 0 Å². The maximum absolute atomic E-state index is 11.2. The van der Waals surface area contributed by atoms with Crippen LogP contribution in [0.1, 0.15) is 92.4 Å². The summed E-state index contributed by atoms with van der Waals surface area (Å²) in [5.41, 5.74) is 1.41. The van der Waals surface area contributed by atoms with E-state index in [2.05, 4.69) is 41.2 Å². The third-order valence-corrected chi connectivity index (χ3v) is 11.6. The second kappa shape index (κ2) is 7.31. The highest BCUT2D eigenvalue weighted by molar-refractivity contribution is 5.26. The van der Waals surface area contributed by atoms with Crippen LogP contribution in [-0.4, -0.2) is 34.1 Å². The number of allylic oxidation sites excluding steroid dienone is 1. The molecule has 0 bridgehead atoms. The minimum Gasteiger partial charge on any atom is -0.393 e. The standard InChI is InChI=1S/C28H46O3/c1-16(2)17(3)7-8-18(4)21-9-10-22-20-14-25-28(31-25)15-19(29)13-24(30)27(28,6)23(20)11-12-26(21,22)5/h16,18-25,29-30H,3,7-15H2,1-2,4-6H3. The number of fused-ring (bicyclic) bond motifs is 4. The Bertz CT molecular complexity index is 732. The van der Waals surface area contributed by atoms with Crippen molar-refractivity contribution in [2.24, 2.45) is 46.3 Å². The number of aliphatic hydroxyl groups is 2. The zero-order valence-electron chi connectivity index (χ0n) is 20.6. The topological polar surface area (TPSA) is 53.0 Å². The van der Waals surface area contributed by atoms with E-state index in [1.165, 1.54) is 44.1 Å². The van der Waals surface area contributed by atoms with Gasteiger partial charge in [-0.25, -0.2) is 0 Å². The zero-order chi connectivity index (χ0) is 22.3. The van der Waals surface area contributed by atoms with Gasteiger partial charge in [0.15, 0.2) is 0 Å². The normalized spacial score (nSPS) is 53.9. The number of aliphatic hydroxyl groups excluding tert-OH is 2. The number of ether oxygens (including phenoxy) is 1. The minimum atomic E-state index is -0.434. The van der Waals surface area contributed by atoms with E-state index in [0.717, 1.165) is 30.6 Å². The molecular formula is C28H46O3. The van der Waals surface area contributed by atoms with Crippen molar-refractivity contribution >= 4 is 0 Å². The summed E-state index contributed by atoms with van der Waals surface area (Å²) >= 11 is 0. The van der Waals surface area contributed by atoms with Crippen LogP contribution in [0.15, 0.2) is 12.2 Å². The van der Waals surface area contributed by atoms with Gasteiger partial charge in [0.05, 0.1) is 18.3 Å². The lowest BCUT2D eigenvalue weighted by Gasteiger charge is -2.60. The fourth-order valence-electron chi connectivity index (χ4n) is 9.60. The molecule has 0 aromatic carbocycles. The summed E-state index contributed by atoms with van der Waals surface area (Å²) in [6.45, 7) is 16.3. The molecule has 1 spiro atoms. The smallest absolute Gasteiger partial charge is 0.105 e. The molecule has 0 radical (unpaired) electrons. The lowest BCUT2D eigenvalue weighted by atomic mass is 9.43. The van der Waals surface area contributed by atoms with Gasteiger partial charge >= 0.3 is 0 Å².